The molecule has 3 aliphatic rings. The zero-order chi connectivity index (χ0) is 13.5. The first-order valence-corrected chi connectivity index (χ1v) is 9.65. The van der Waals surface area contributed by atoms with E-state index < -0.39 is 0 Å². The van der Waals surface area contributed by atoms with Crippen LogP contribution in [0.3, 0.4) is 0 Å². The summed E-state index contributed by atoms with van der Waals surface area (Å²) in [6.45, 7) is 2.16. The number of halogens is 1. The van der Waals surface area contributed by atoms with E-state index in [-0.39, 0.29) is 0 Å². The summed E-state index contributed by atoms with van der Waals surface area (Å²) in [7, 11) is 0. The Balaban J connectivity index is 1.46. The van der Waals surface area contributed by atoms with E-state index in [1.165, 1.54) is 25.8 Å². The topological polar surface area (TPSA) is 50.1 Å². The van der Waals surface area contributed by atoms with Crippen LogP contribution in [0.15, 0.2) is 16.9 Å². The molecular formula is C14H20IN3OS. The zero-order valence-electron chi connectivity index (χ0n) is 11.3. The van der Waals surface area contributed by atoms with Gasteiger partial charge in [0.2, 0.25) is 5.89 Å². The predicted octanol–water partition coefficient (Wildman–Crippen LogP) is 2.78. The van der Waals surface area contributed by atoms with Gasteiger partial charge in [-0.05, 0) is 31.1 Å². The van der Waals surface area contributed by atoms with Crippen molar-refractivity contribution in [1.82, 2.24) is 15.6 Å². The fraction of sp³-hybridized carbons (Fsp3) is 0.786. The smallest absolute Gasteiger partial charge is 0.206 e. The van der Waals surface area contributed by atoms with Crippen molar-refractivity contribution in [3.05, 3.63) is 18.4 Å². The van der Waals surface area contributed by atoms with Crippen LogP contribution in [-0.2, 0) is 0 Å². The fourth-order valence-corrected chi connectivity index (χ4v) is 7.10. The molecule has 0 spiro atoms. The van der Waals surface area contributed by atoms with Gasteiger partial charge in [-0.3, -0.25) is 5.32 Å². The predicted molar refractivity (Wildman–Crippen MR) is 88.8 cm³/mol. The summed E-state index contributed by atoms with van der Waals surface area (Å²) in [5.74, 6) is 3.41. The van der Waals surface area contributed by atoms with Crippen molar-refractivity contribution >= 4 is 34.4 Å². The molecule has 6 heteroatoms. The van der Waals surface area contributed by atoms with Crippen molar-refractivity contribution in [2.24, 2.45) is 17.8 Å². The highest BCUT2D eigenvalue weighted by atomic mass is 127. The maximum atomic E-state index is 5.48. The summed E-state index contributed by atoms with van der Waals surface area (Å²) in [4.78, 5) is 4.32. The van der Waals surface area contributed by atoms with Gasteiger partial charge in [0.25, 0.3) is 0 Å². The van der Waals surface area contributed by atoms with Crippen LogP contribution in [0.4, 0.5) is 0 Å². The third-order valence-electron chi connectivity index (χ3n) is 5.04. The summed E-state index contributed by atoms with van der Waals surface area (Å²) in [6.07, 6.45) is 7.44. The minimum atomic E-state index is 0.417. The largest absolute Gasteiger partial charge is 0.448 e. The SMILES string of the molecule is IC(C[C@H]1CCC2SC3NCNCC3C21)c1ncco1. The van der Waals surface area contributed by atoms with Crippen molar-refractivity contribution in [1.29, 1.82) is 0 Å². The van der Waals surface area contributed by atoms with E-state index in [0.29, 0.717) is 9.30 Å². The molecule has 2 N–H and O–H groups in total. The van der Waals surface area contributed by atoms with Crippen molar-refractivity contribution in [2.45, 2.75) is 33.8 Å². The molecule has 1 aromatic rings. The van der Waals surface area contributed by atoms with Crippen molar-refractivity contribution in [3.8, 4) is 0 Å². The van der Waals surface area contributed by atoms with E-state index in [4.69, 9.17) is 4.42 Å². The van der Waals surface area contributed by atoms with Gasteiger partial charge in [0.05, 0.1) is 15.5 Å². The molecular weight excluding hydrogens is 385 g/mol. The Kier molecular flexibility index (Phi) is 4.00. The minimum Gasteiger partial charge on any atom is -0.448 e. The number of rotatable bonds is 3. The molecule has 0 bridgehead atoms. The molecule has 1 saturated carbocycles. The number of nitrogens with one attached hydrogen (secondary N) is 2. The molecule has 1 aromatic heterocycles. The van der Waals surface area contributed by atoms with E-state index in [0.717, 1.165) is 35.6 Å². The molecule has 20 heavy (non-hydrogen) atoms. The molecule has 2 aliphatic heterocycles. The number of thioether (sulfide) groups is 1. The molecule has 3 fully saturated rings. The molecule has 3 heterocycles. The van der Waals surface area contributed by atoms with Crippen molar-refractivity contribution in [2.75, 3.05) is 13.2 Å². The Bertz CT molecular complexity index is 457. The quantitative estimate of drug-likeness (QED) is 0.599. The maximum absolute atomic E-state index is 5.48. The van der Waals surface area contributed by atoms with Gasteiger partial charge in [0, 0.05) is 24.4 Å². The van der Waals surface area contributed by atoms with Crippen LogP contribution < -0.4 is 10.6 Å². The number of nitrogens with zero attached hydrogens (tertiary/aromatic N) is 1. The van der Waals surface area contributed by atoms with E-state index in [1.807, 2.05) is 0 Å². The van der Waals surface area contributed by atoms with Crippen LogP contribution in [0.5, 0.6) is 0 Å². The molecule has 1 aliphatic carbocycles. The van der Waals surface area contributed by atoms with E-state index in [2.05, 4.69) is 50.0 Å². The Labute approximate surface area is 137 Å². The molecule has 2 saturated heterocycles. The average Bonchev–Trinajstić information content (AvgIpc) is 3.15. The average molecular weight is 405 g/mol. The summed E-state index contributed by atoms with van der Waals surface area (Å²) in [5, 5.41) is 8.70. The van der Waals surface area contributed by atoms with Gasteiger partial charge in [0.15, 0.2) is 0 Å². The summed E-state index contributed by atoms with van der Waals surface area (Å²) in [6, 6.07) is 0. The molecule has 5 unspecified atom stereocenters. The lowest BCUT2D eigenvalue weighted by atomic mass is 9.81. The summed E-state index contributed by atoms with van der Waals surface area (Å²) < 4.78 is 5.89. The summed E-state index contributed by atoms with van der Waals surface area (Å²) >= 11 is 4.70. The van der Waals surface area contributed by atoms with Gasteiger partial charge < -0.3 is 9.73 Å². The standard InChI is InChI=1S/C14H20IN3OS/c15-10(13-17-3-4-19-13)5-8-1-2-11-12(8)9-6-16-7-18-14(9)20-11/h3-4,8-12,14,16,18H,1-2,5-7H2/t8-,9?,10?,11?,12?,14?/m1/s1. The third-order valence-corrected chi connectivity index (χ3v) is 7.79. The second-order valence-corrected chi connectivity index (χ2v) is 8.97. The lowest BCUT2D eigenvalue weighted by molar-refractivity contribution is 0.217. The van der Waals surface area contributed by atoms with E-state index in [9.17, 15) is 0 Å². The van der Waals surface area contributed by atoms with E-state index >= 15 is 0 Å². The maximum Gasteiger partial charge on any atom is 0.206 e. The number of oxazole rings is 1. The first-order chi connectivity index (χ1) is 9.83. The third kappa shape index (κ3) is 2.42. The Morgan fingerprint density at radius 2 is 2.45 bits per heavy atom. The van der Waals surface area contributed by atoms with Crippen LogP contribution in [0, 0.1) is 17.8 Å². The van der Waals surface area contributed by atoms with Gasteiger partial charge in [-0.15, -0.1) is 11.8 Å². The fourth-order valence-electron chi connectivity index (χ4n) is 4.23. The number of aromatic nitrogens is 1. The Morgan fingerprint density at radius 3 is 3.30 bits per heavy atom. The molecule has 0 radical (unpaired) electrons. The van der Waals surface area contributed by atoms with Gasteiger partial charge >= 0.3 is 0 Å². The van der Waals surface area contributed by atoms with Crippen molar-refractivity contribution < 1.29 is 4.42 Å². The minimum absolute atomic E-state index is 0.417. The van der Waals surface area contributed by atoms with Crippen LogP contribution in [0.1, 0.15) is 29.1 Å². The first-order valence-electron chi connectivity index (χ1n) is 7.46. The van der Waals surface area contributed by atoms with Gasteiger partial charge in [-0.1, -0.05) is 22.6 Å². The molecule has 4 rings (SSSR count). The zero-order valence-corrected chi connectivity index (χ0v) is 14.3. The van der Waals surface area contributed by atoms with Gasteiger partial charge in [-0.25, -0.2) is 4.98 Å². The second kappa shape index (κ2) is 5.78. The number of hydrogen-bond acceptors (Lipinski definition) is 5. The van der Waals surface area contributed by atoms with Crippen LogP contribution in [0.2, 0.25) is 0 Å². The number of hydrogen-bond donors (Lipinski definition) is 2. The second-order valence-electron chi connectivity index (χ2n) is 6.08. The monoisotopic (exact) mass is 405 g/mol. The Hall–Kier alpha value is 0.210. The molecule has 0 aromatic carbocycles. The van der Waals surface area contributed by atoms with Crippen LogP contribution in [0.25, 0.3) is 0 Å². The highest BCUT2D eigenvalue weighted by Crippen LogP contribution is 2.55. The lowest BCUT2D eigenvalue weighted by Crippen LogP contribution is -2.50. The van der Waals surface area contributed by atoms with Crippen LogP contribution in [-0.4, -0.2) is 28.8 Å². The molecule has 0 amide bonds. The highest BCUT2D eigenvalue weighted by Gasteiger charge is 2.51. The molecule has 4 nitrogen and oxygen atoms in total. The first kappa shape index (κ1) is 13.8. The number of fused-ring (bicyclic) bond motifs is 3. The van der Waals surface area contributed by atoms with E-state index in [1.54, 1.807) is 12.5 Å². The highest BCUT2D eigenvalue weighted by molar-refractivity contribution is 14.1. The molecule has 6 atom stereocenters. The molecule has 110 valence electrons. The Morgan fingerprint density at radius 1 is 1.50 bits per heavy atom. The van der Waals surface area contributed by atoms with Gasteiger partial charge in [-0.2, -0.15) is 0 Å². The van der Waals surface area contributed by atoms with Crippen LogP contribution >= 0.6 is 34.4 Å². The normalized spacial score (nSPS) is 41.4. The summed E-state index contributed by atoms with van der Waals surface area (Å²) in [5.41, 5.74) is 0. The van der Waals surface area contributed by atoms with Crippen molar-refractivity contribution in [3.63, 3.8) is 0 Å². The number of alkyl halides is 1. The lowest BCUT2D eigenvalue weighted by Gasteiger charge is -2.33. The van der Waals surface area contributed by atoms with Gasteiger partial charge in [0.1, 0.15) is 6.26 Å².